The zero-order valence-electron chi connectivity index (χ0n) is 14.9. The average Bonchev–Trinajstić information content (AvgIpc) is 2.89. The summed E-state index contributed by atoms with van der Waals surface area (Å²) < 4.78 is 0. The molecule has 1 heterocycles. The Labute approximate surface area is 146 Å². The summed E-state index contributed by atoms with van der Waals surface area (Å²) in [7, 11) is 0. The highest BCUT2D eigenvalue weighted by Crippen LogP contribution is 2.27. The van der Waals surface area contributed by atoms with E-state index in [0.717, 1.165) is 45.4 Å². The molecule has 0 aromatic heterocycles. The smallest absolute Gasteiger partial charge is 0.222 e. The van der Waals surface area contributed by atoms with E-state index in [1.807, 2.05) is 0 Å². The lowest BCUT2D eigenvalue weighted by Crippen LogP contribution is -2.38. The molecule has 1 aromatic rings. The number of amides is 1. The second kappa shape index (κ2) is 8.13. The molecule has 4 heteroatoms. The van der Waals surface area contributed by atoms with E-state index in [1.165, 1.54) is 12.0 Å². The Hall–Kier alpha value is -1.39. The number of benzene rings is 1. The average molecular weight is 329 g/mol. The summed E-state index contributed by atoms with van der Waals surface area (Å²) in [6, 6.07) is 11.4. The summed E-state index contributed by atoms with van der Waals surface area (Å²) in [5.41, 5.74) is 7.49. The van der Waals surface area contributed by atoms with Gasteiger partial charge in [0.05, 0.1) is 0 Å². The Morgan fingerprint density at radius 1 is 1.12 bits per heavy atom. The van der Waals surface area contributed by atoms with E-state index < -0.39 is 0 Å². The summed E-state index contributed by atoms with van der Waals surface area (Å²) in [6.07, 6.45) is 5.08. The lowest BCUT2D eigenvalue weighted by molar-refractivity contribution is -0.132. The number of carbonyl (C=O) groups is 1. The Bertz CT molecular complexity index is 533. The van der Waals surface area contributed by atoms with Gasteiger partial charge >= 0.3 is 0 Å². The second-order valence-corrected chi connectivity index (χ2v) is 7.53. The van der Waals surface area contributed by atoms with Crippen LogP contribution in [0.25, 0.3) is 0 Å². The lowest BCUT2D eigenvalue weighted by Gasteiger charge is -2.26. The van der Waals surface area contributed by atoms with Gasteiger partial charge in [-0.25, -0.2) is 0 Å². The highest BCUT2D eigenvalue weighted by molar-refractivity contribution is 5.76. The molecule has 24 heavy (non-hydrogen) atoms. The van der Waals surface area contributed by atoms with Crippen molar-refractivity contribution in [2.75, 3.05) is 19.6 Å². The van der Waals surface area contributed by atoms with Crippen LogP contribution in [-0.2, 0) is 11.3 Å². The molecule has 1 saturated heterocycles. The Balaban J connectivity index is 1.54. The van der Waals surface area contributed by atoms with Gasteiger partial charge in [-0.15, -0.1) is 0 Å². The van der Waals surface area contributed by atoms with Crippen LogP contribution in [0.4, 0.5) is 0 Å². The molecule has 3 atom stereocenters. The number of hydrogen-bond acceptors (Lipinski definition) is 3. The van der Waals surface area contributed by atoms with Gasteiger partial charge in [0, 0.05) is 44.7 Å². The highest BCUT2D eigenvalue weighted by atomic mass is 16.2. The molecule has 2 fully saturated rings. The Morgan fingerprint density at radius 3 is 2.62 bits per heavy atom. The number of rotatable bonds is 4. The number of hydrogen-bond donors (Lipinski definition) is 1. The summed E-state index contributed by atoms with van der Waals surface area (Å²) >= 11 is 0. The van der Waals surface area contributed by atoms with Gasteiger partial charge < -0.3 is 10.6 Å². The lowest BCUT2D eigenvalue weighted by atomic mass is 9.99. The summed E-state index contributed by atoms with van der Waals surface area (Å²) in [4.78, 5) is 17.3. The van der Waals surface area contributed by atoms with Gasteiger partial charge in [0.1, 0.15) is 0 Å². The van der Waals surface area contributed by atoms with Crippen LogP contribution in [0.5, 0.6) is 0 Å². The molecule has 1 aliphatic carbocycles. The van der Waals surface area contributed by atoms with E-state index in [1.54, 1.807) is 0 Å². The number of nitrogens with two attached hydrogens (primary N) is 1. The Morgan fingerprint density at radius 2 is 1.92 bits per heavy atom. The summed E-state index contributed by atoms with van der Waals surface area (Å²) in [5.74, 6) is 0.713. The van der Waals surface area contributed by atoms with Crippen LogP contribution < -0.4 is 5.73 Å². The molecule has 0 spiro atoms. The summed E-state index contributed by atoms with van der Waals surface area (Å²) in [5, 5.41) is 0. The van der Waals surface area contributed by atoms with Gasteiger partial charge in [-0.05, 0) is 37.7 Å². The maximum absolute atomic E-state index is 12.7. The van der Waals surface area contributed by atoms with Crippen molar-refractivity contribution in [2.45, 2.75) is 57.7 Å². The van der Waals surface area contributed by atoms with Crippen molar-refractivity contribution in [1.29, 1.82) is 0 Å². The monoisotopic (exact) mass is 329 g/mol. The number of carbonyl (C=O) groups excluding carboxylic acids is 1. The molecule has 0 bridgehead atoms. The summed E-state index contributed by atoms with van der Waals surface area (Å²) in [6.45, 7) is 5.94. The van der Waals surface area contributed by atoms with Gasteiger partial charge in [-0.3, -0.25) is 9.69 Å². The molecule has 2 N–H and O–H groups in total. The van der Waals surface area contributed by atoms with Crippen molar-refractivity contribution in [2.24, 2.45) is 11.7 Å². The molecule has 132 valence electrons. The predicted molar refractivity (Wildman–Crippen MR) is 97.4 cm³/mol. The van der Waals surface area contributed by atoms with Crippen LogP contribution >= 0.6 is 0 Å². The molecule has 1 saturated carbocycles. The quantitative estimate of drug-likeness (QED) is 0.924. The zero-order valence-corrected chi connectivity index (χ0v) is 14.9. The van der Waals surface area contributed by atoms with Gasteiger partial charge in [0.15, 0.2) is 0 Å². The van der Waals surface area contributed by atoms with Crippen molar-refractivity contribution < 1.29 is 4.79 Å². The van der Waals surface area contributed by atoms with Crippen molar-refractivity contribution in [3.63, 3.8) is 0 Å². The van der Waals surface area contributed by atoms with Crippen molar-refractivity contribution in [3.05, 3.63) is 35.9 Å². The van der Waals surface area contributed by atoms with Crippen LogP contribution in [-0.4, -0.2) is 47.4 Å². The normalized spacial score (nSPS) is 28.8. The van der Waals surface area contributed by atoms with Crippen molar-refractivity contribution >= 4 is 5.91 Å². The van der Waals surface area contributed by atoms with E-state index in [4.69, 9.17) is 5.73 Å². The second-order valence-electron chi connectivity index (χ2n) is 7.53. The van der Waals surface area contributed by atoms with E-state index in [2.05, 4.69) is 47.1 Å². The van der Waals surface area contributed by atoms with Crippen LogP contribution in [0.2, 0.25) is 0 Å². The molecular formula is C20H31N3O. The van der Waals surface area contributed by atoms with Crippen LogP contribution in [0.15, 0.2) is 30.3 Å². The fourth-order valence-electron chi connectivity index (χ4n) is 4.08. The van der Waals surface area contributed by atoms with Crippen LogP contribution in [0, 0.1) is 5.92 Å². The van der Waals surface area contributed by atoms with Gasteiger partial charge in [0.2, 0.25) is 5.91 Å². The van der Waals surface area contributed by atoms with Crippen molar-refractivity contribution in [1.82, 2.24) is 9.80 Å². The molecule has 1 unspecified atom stereocenters. The molecular weight excluding hydrogens is 298 g/mol. The standard InChI is InChI=1S/C20H31N3O/c1-16-10-11-22(20(24)14-18-8-5-9-19(18)21)12-13-23(16)15-17-6-3-2-4-7-17/h2-4,6-7,16,18-19H,5,8-15,21H2,1H3/t16?,18-,19+/m0/s1. The van der Waals surface area contributed by atoms with Gasteiger partial charge in [-0.1, -0.05) is 36.8 Å². The van der Waals surface area contributed by atoms with Gasteiger partial charge in [-0.2, -0.15) is 0 Å². The minimum absolute atomic E-state index is 0.231. The minimum atomic E-state index is 0.231. The largest absolute Gasteiger partial charge is 0.341 e. The topological polar surface area (TPSA) is 49.6 Å². The third-order valence-electron chi connectivity index (χ3n) is 5.83. The van der Waals surface area contributed by atoms with E-state index >= 15 is 0 Å². The first kappa shape index (κ1) is 17.4. The molecule has 0 radical (unpaired) electrons. The van der Waals surface area contributed by atoms with Crippen molar-refractivity contribution in [3.8, 4) is 0 Å². The first-order chi connectivity index (χ1) is 11.6. The molecule has 1 aliphatic heterocycles. The molecule has 1 amide bonds. The maximum atomic E-state index is 12.7. The molecule has 1 aromatic carbocycles. The fourth-order valence-corrected chi connectivity index (χ4v) is 4.08. The van der Waals surface area contributed by atoms with E-state index in [9.17, 15) is 4.79 Å². The maximum Gasteiger partial charge on any atom is 0.222 e. The predicted octanol–water partition coefficient (Wildman–Crippen LogP) is 2.63. The third-order valence-corrected chi connectivity index (χ3v) is 5.83. The Kier molecular flexibility index (Phi) is 5.90. The zero-order chi connectivity index (χ0) is 16.9. The molecule has 3 rings (SSSR count). The van der Waals surface area contributed by atoms with Crippen LogP contribution in [0.1, 0.15) is 44.6 Å². The van der Waals surface area contributed by atoms with Gasteiger partial charge in [0.25, 0.3) is 0 Å². The minimum Gasteiger partial charge on any atom is -0.341 e. The molecule has 2 aliphatic rings. The van der Waals surface area contributed by atoms with E-state index in [0.29, 0.717) is 24.3 Å². The fraction of sp³-hybridized carbons (Fsp3) is 0.650. The number of nitrogens with zero attached hydrogens (tertiary/aromatic N) is 2. The third kappa shape index (κ3) is 4.37. The first-order valence-electron chi connectivity index (χ1n) is 9.45. The molecule has 4 nitrogen and oxygen atoms in total. The SMILES string of the molecule is CC1CCN(C(=O)C[C@@H]2CCC[C@H]2N)CCN1Cc1ccccc1. The first-order valence-corrected chi connectivity index (χ1v) is 9.45. The highest BCUT2D eigenvalue weighted by Gasteiger charge is 2.29. The van der Waals surface area contributed by atoms with Crippen LogP contribution in [0.3, 0.4) is 0 Å². The van der Waals surface area contributed by atoms with E-state index in [-0.39, 0.29) is 6.04 Å².